The molecule has 0 saturated heterocycles. The zero-order chi connectivity index (χ0) is 25.1. The smallest absolute Gasteiger partial charge is 0.0622 e. The summed E-state index contributed by atoms with van der Waals surface area (Å²) in [5.41, 5.74) is 5.74. The summed E-state index contributed by atoms with van der Waals surface area (Å²) in [5, 5.41) is 19.7. The van der Waals surface area contributed by atoms with Crippen LogP contribution in [0.15, 0.2) is 34.9 Å². The van der Waals surface area contributed by atoms with Gasteiger partial charge in [-0.3, -0.25) is 0 Å². The van der Waals surface area contributed by atoms with Crippen molar-refractivity contribution < 1.29 is 14.9 Å². The molecule has 3 aliphatic carbocycles. The van der Waals surface area contributed by atoms with Crippen molar-refractivity contribution in [3.05, 3.63) is 34.9 Å². The molecule has 0 aliphatic heterocycles. The van der Waals surface area contributed by atoms with Crippen LogP contribution in [-0.2, 0) is 4.74 Å². The molecule has 0 spiro atoms. The third-order valence-corrected chi connectivity index (χ3v) is 10.1. The Bertz CT molecular complexity index is 776. The van der Waals surface area contributed by atoms with Crippen LogP contribution in [0.4, 0.5) is 0 Å². The SMILES string of the molecule is C=C1/C(=C(C)\C=C2/CCC[C@@]3(C)C2CCC3[C@H](C)CCCC(C)(C)OC)C[C@@H](CO)C[C@@H]1CO. The Morgan fingerprint density at radius 1 is 1.26 bits per heavy atom. The van der Waals surface area contributed by atoms with E-state index in [2.05, 4.69) is 47.3 Å². The molecule has 34 heavy (non-hydrogen) atoms. The lowest BCUT2D eigenvalue weighted by Crippen LogP contribution is -2.36. The number of aliphatic hydroxyl groups is 2. The Balaban J connectivity index is 1.76. The van der Waals surface area contributed by atoms with E-state index in [1.54, 1.807) is 5.57 Å². The fourth-order valence-electron chi connectivity index (χ4n) is 7.74. The molecular weight excluding hydrogens is 420 g/mol. The van der Waals surface area contributed by atoms with Gasteiger partial charge in [0.15, 0.2) is 0 Å². The van der Waals surface area contributed by atoms with Crippen molar-refractivity contribution in [2.45, 2.75) is 104 Å². The summed E-state index contributed by atoms with van der Waals surface area (Å²) in [5.74, 6) is 2.59. The van der Waals surface area contributed by atoms with Gasteiger partial charge in [0.2, 0.25) is 0 Å². The van der Waals surface area contributed by atoms with Gasteiger partial charge in [-0.15, -0.1) is 0 Å². The average Bonchev–Trinajstić information content (AvgIpc) is 3.17. The number of hydrogen-bond acceptors (Lipinski definition) is 3. The minimum absolute atomic E-state index is 0.0131. The fraction of sp³-hybridized carbons (Fsp3) is 0.806. The number of ether oxygens (including phenoxy) is 1. The molecule has 194 valence electrons. The Kier molecular flexibility index (Phi) is 9.31. The molecule has 2 N–H and O–H groups in total. The maximum atomic E-state index is 9.87. The first-order chi connectivity index (χ1) is 16.1. The first-order valence-corrected chi connectivity index (χ1v) is 13.9. The van der Waals surface area contributed by atoms with E-state index in [-0.39, 0.29) is 30.7 Å². The average molecular weight is 473 g/mol. The predicted octanol–water partition coefficient (Wildman–Crippen LogP) is 7.24. The quantitative estimate of drug-likeness (QED) is 0.372. The maximum absolute atomic E-state index is 9.87. The number of fused-ring (bicyclic) bond motifs is 1. The lowest BCUT2D eigenvalue weighted by Gasteiger charge is -2.44. The van der Waals surface area contributed by atoms with Gasteiger partial charge in [-0.05, 0) is 118 Å². The second-order valence-electron chi connectivity index (χ2n) is 12.7. The topological polar surface area (TPSA) is 49.7 Å². The zero-order valence-electron chi connectivity index (χ0n) is 23.0. The second kappa shape index (κ2) is 11.4. The van der Waals surface area contributed by atoms with Crippen LogP contribution >= 0.6 is 0 Å². The van der Waals surface area contributed by atoms with Crippen LogP contribution in [0.25, 0.3) is 0 Å². The van der Waals surface area contributed by atoms with E-state index in [1.807, 2.05) is 7.11 Å². The van der Waals surface area contributed by atoms with E-state index < -0.39 is 0 Å². The van der Waals surface area contributed by atoms with E-state index in [4.69, 9.17) is 4.74 Å². The van der Waals surface area contributed by atoms with Crippen molar-refractivity contribution in [2.24, 2.45) is 35.0 Å². The molecule has 0 aromatic rings. The van der Waals surface area contributed by atoms with Crippen LogP contribution in [-0.4, -0.2) is 36.1 Å². The van der Waals surface area contributed by atoms with Gasteiger partial charge in [0.05, 0.1) is 5.60 Å². The molecule has 6 atom stereocenters. The van der Waals surface area contributed by atoms with Crippen molar-refractivity contribution in [1.82, 2.24) is 0 Å². The molecule has 0 heterocycles. The molecule has 3 nitrogen and oxygen atoms in total. The Hall–Kier alpha value is -0.900. The molecule has 2 unspecified atom stereocenters. The normalized spacial score (nSPS) is 36.0. The number of methoxy groups -OCH3 is 1. The van der Waals surface area contributed by atoms with Gasteiger partial charge in [-0.25, -0.2) is 0 Å². The summed E-state index contributed by atoms with van der Waals surface area (Å²) in [6.07, 6.45) is 14.4. The largest absolute Gasteiger partial charge is 0.396 e. The lowest BCUT2D eigenvalue weighted by atomic mass is 9.60. The minimum atomic E-state index is -0.0131. The summed E-state index contributed by atoms with van der Waals surface area (Å²) in [7, 11) is 1.83. The highest BCUT2D eigenvalue weighted by molar-refractivity contribution is 5.43. The highest BCUT2D eigenvalue weighted by atomic mass is 16.5. The first-order valence-electron chi connectivity index (χ1n) is 13.9. The monoisotopic (exact) mass is 472 g/mol. The highest BCUT2D eigenvalue weighted by Gasteiger charge is 2.50. The van der Waals surface area contributed by atoms with Crippen LogP contribution in [0.2, 0.25) is 0 Å². The second-order valence-corrected chi connectivity index (χ2v) is 12.7. The summed E-state index contributed by atoms with van der Waals surface area (Å²) in [4.78, 5) is 0. The standard InChI is InChI=1S/C31H52O3/c1-21(10-8-14-30(4,5)34-7)28-12-13-29-25(11-9-15-31(28,29)6)16-22(2)27-18-24(19-32)17-26(20-33)23(27)3/h16,21,24,26,28-29,32-33H,3,8-15,17-20H2,1-2,4-7H3/b25-16+,27-22-/t21-,24+,26-,28?,29?,31-/m1/s1. The van der Waals surface area contributed by atoms with Gasteiger partial charge in [0.1, 0.15) is 0 Å². The first kappa shape index (κ1) is 27.7. The molecule has 0 aromatic carbocycles. The Morgan fingerprint density at radius 2 is 2.00 bits per heavy atom. The Labute approximate surface area is 209 Å². The van der Waals surface area contributed by atoms with Crippen LogP contribution in [0.1, 0.15) is 98.8 Å². The highest BCUT2D eigenvalue weighted by Crippen LogP contribution is 2.60. The van der Waals surface area contributed by atoms with Gasteiger partial charge in [0, 0.05) is 26.2 Å². The molecule has 3 aliphatic rings. The third kappa shape index (κ3) is 5.90. The van der Waals surface area contributed by atoms with Gasteiger partial charge in [-0.2, -0.15) is 0 Å². The van der Waals surface area contributed by atoms with E-state index in [0.717, 1.165) is 36.7 Å². The van der Waals surface area contributed by atoms with Crippen molar-refractivity contribution in [1.29, 1.82) is 0 Å². The van der Waals surface area contributed by atoms with E-state index in [1.165, 1.54) is 56.1 Å². The van der Waals surface area contributed by atoms with E-state index >= 15 is 0 Å². The van der Waals surface area contributed by atoms with Crippen LogP contribution in [0.3, 0.4) is 0 Å². The van der Waals surface area contributed by atoms with Crippen molar-refractivity contribution >= 4 is 0 Å². The summed E-state index contributed by atoms with van der Waals surface area (Å²) < 4.78 is 5.64. The molecule has 0 amide bonds. The number of rotatable bonds is 9. The van der Waals surface area contributed by atoms with Crippen molar-refractivity contribution in [3.63, 3.8) is 0 Å². The molecular formula is C31H52O3. The summed E-state index contributed by atoms with van der Waals surface area (Å²) in [6, 6.07) is 0. The molecule has 0 aromatic heterocycles. The van der Waals surface area contributed by atoms with E-state index in [9.17, 15) is 10.2 Å². The molecule has 3 heteroatoms. The van der Waals surface area contributed by atoms with Crippen LogP contribution in [0.5, 0.6) is 0 Å². The van der Waals surface area contributed by atoms with Crippen molar-refractivity contribution in [3.8, 4) is 0 Å². The van der Waals surface area contributed by atoms with Crippen LogP contribution < -0.4 is 0 Å². The summed E-state index contributed by atoms with van der Waals surface area (Å²) in [6.45, 7) is 16.4. The third-order valence-electron chi connectivity index (χ3n) is 10.1. The zero-order valence-corrected chi connectivity index (χ0v) is 23.0. The molecule has 3 rings (SSSR count). The molecule has 3 fully saturated rings. The maximum Gasteiger partial charge on any atom is 0.0622 e. The molecule has 3 saturated carbocycles. The van der Waals surface area contributed by atoms with E-state index in [0.29, 0.717) is 11.3 Å². The van der Waals surface area contributed by atoms with Crippen molar-refractivity contribution in [2.75, 3.05) is 20.3 Å². The van der Waals surface area contributed by atoms with Gasteiger partial charge < -0.3 is 14.9 Å². The fourth-order valence-corrected chi connectivity index (χ4v) is 7.74. The summed E-state index contributed by atoms with van der Waals surface area (Å²) >= 11 is 0. The lowest BCUT2D eigenvalue weighted by molar-refractivity contribution is 0.0108. The van der Waals surface area contributed by atoms with Gasteiger partial charge in [0.25, 0.3) is 0 Å². The molecule has 0 bridgehead atoms. The predicted molar refractivity (Wildman–Crippen MR) is 143 cm³/mol. The number of allylic oxidation sites excluding steroid dienone is 4. The molecule has 0 radical (unpaired) electrons. The minimum Gasteiger partial charge on any atom is -0.396 e. The van der Waals surface area contributed by atoms with Crippen LogP contribution in [0, 0.1) is 35.0 Å². The van der Waals surface area contributed by atoms with Gasteiger partial charge in [-0.1, -0.05) is 44.9 Å². The Morgan fingerprint density at radius 3 is 2.65 bits per heavy atom. The number of hydrogen-bond donors (Lipinski definition) is 2. The van der Waals surface area contributed by atoms with Gasteiger partial charge >= 0.3 is 0 Å². The number of aliphatic hydroxyl groups excluding tert-OH is 2.